The maximum absolute atomic E-state index is 10.5. The molecule has 0 aliphatic carbocycles. The fourth-order valence-corrected chi connectivity index (χ4v) is 1.84. The van der Waals surface area contributed by atoms with E-state index in [-0.39, 0.29) is 6.61 Å². The van der Waals surface area contributed by atoms with E-state index < -0.39 is 12.1 Å². The van der Waals surface area contributed by atoms with Crippen LogP contribution in [0.5, 0.6) is 5.75 Å². The lowest BCUT2D eigenvalue weighted by atomic mass is 9.98. The van der Waals surface area contributed by atoms with Gasteiger partial charge in [-0.1, -0.05) is 19.9 Å². The fraction of sp³-hybridized carbons (Fsp3) is 0.533. The minimum absolute atomic E-state index is 0.262. The molecular weight excluding hydrogens is 244 g/mol. The Kier molecular flexibility index (Phi) is 5.83. The molecule has 19 heavy (non-hydrogen) atoms. The van der Waals surface area contributed by atoms with Gasteiger partial charge in [0, 0.05) is 0 Å². The van der Waals surface area contributed by atoms with Crippen LogP contribution in [0.2, 0.25) is 0 Å². The first-order chi connectivity index (χ1) is 8.91. The summed E-state index contributed by atoms with van der Waals surface area (Å²) in [7, 11) is 0. The van der Waals surface area contributed by atoms with Crippen molar-refractivity contribution in [2.45, 2.75) is 39.7 Å². The number of benzene rings is 1. The highest BCUT2D eigenvalue weighted by molar-refractivity contribution is 5.71. The van der Waals surface area contributed by atoms with E-state index in [9.17, 15) is 4.79 Å². The largest absolute Gasteiger partial charge is 0.491 e. The van der Waals surface area contributed by atoms with Crippen LogP contribution < -0.4 is 4.74 Å². The van der Waals surface area contributed by atoms with Crippen molar-refractivity contribution >= 4 is 5.97 Å². The van der Waals surface area contributed by atoms with Crippen LogP contribution in [0.25, 0.3) is 0 Å². The van der Waals surface area contributed by atoms with Crippen molar-refractivity contribution in [3.63, 3.8) is 0 Å². The van der Waals surface area contributed by atoms with Gasteiger partial charge in [-0.2, -0.15) is 0 Å². The van der Waals surface area contributed by atoms with Gasteiger partial charge in [0.25, 0.3) is 0 Å². The number of hydrogen-bond donors (Lipinski definition) is 1. The van der Waals surface area contributed by atoms with Crippen molar-refractivity contribution in [1.82, 2.24) is 0 Å². The third kappa shape index (κ3) is 4.91. The van der Waals surface area contributed by atoms with Crippen LogP contribution >= 0.6 is 0 Å². The normalized spacial score (nSPS) is 12.5. The Hall–Kier alpha value is -1.55. The van der Waals surface area contributed by atoms with E-state index in [1.807, 2.05) is 12.1 Å². The first-order valence-corrected chi connectivity index (χ1v) is 6.49. The molecule has 1 atom stereocenters. The van der Waals surface area contributed by atoms with Crippen molar-refractivity contribution in [2.75, 3.05) is 13.2 Å². The fourth-order valence-electron chi connectivity index (χ4n) is 1.84. The molecular formula is C15H22O4. The number of aliphatic carboxylic acids is 1. The minimum atomic E-state index is -0.961. The number of ether oxygens (including phenoxy) is 2. The Morgan fingerprint density at radius 3 is 2.47 bits per heavy atom. The summed E-state index contributed by atoms with van der Waals surface area (Å²) in [5, 5.41) is 8.65. The van der Waals surface area contributed by atoms with Crippen LogP contribution in [0, 0.1) is 6.92 Å². The van der Waals surface area contributed by atoms with Crippen LogP contribution in [0.3, 0.4) is 0 Å². The first-order valence-electron chi connectivity index (χ1n) is 6.49. The van der Waals surface area contributed by atoms with Crippen LogP contribution in [-0.2, 0) is 9.53 Å². The van der Waals surface area contributed by atoms with Gasteiger partial charge in [0.2, 0.25) is 0 Å². The zero-order valence-corrected chi connectivity index (χ0v) is 12.0. The molecule has 0 unspecified atom stereocenters. The molecule has 0 amide bonds. The van der Waals surface area contributed by atoms with E-state index in [1.54, 1.807) is 0 Å². The molecule has 0 fully saturated rings. The summed E-state index contributed by atoms with van der Waals surface area (Å²) in [6, 6.07) is 6.00. The smallest absolute Gasteiger partial charge is 0.332 e. The van der Waals surface area contributed by atoms with Gasteiger partial charge in [-0.15, -0.1) is 0 Å². The predicted octanol–water partition coefficient (Wildman–Crippen LogP) is 2.99. The van der Waals surface area contributed by atoms with Gasteiger partial charge < -0.3 is 14.6 Å². The van der Waals surface area contributed by atoms with Crippen LogP contribution in [0.1, 0.15) is 37.8 Å². The van der Waals surface area contributed by atoms with Gasteiger partial charge in [-0.05, 0) is 43.0 Å². The molecule has 1 N–H and O–H groups in total. The summed E-state index contributed by atoms with van der Waals surface area (Å²) < 4.78 is 10.6. The molecule has 0 spiro atoms. The van der Waals surface area contributed by atoms with E-state index >= 15 is 0 Å². The zero-order chi connectivity index (χ0) is 14.4. The zero-order valence-electron chi connectivity index (χ0n) is 12.0. The third-order valence-corrected chi connectivity index (χ3v) is 2.93. The molecule has 0 bridgehead atoms. The van der Waals surface area contributed by atoms with Gasteiger partial charge >= 0.3 is 5.97 Å². The second-order valence-corrected chi connectivity index (χ2v) is 4.87. The molecule has 0 aliphatic heterocycles. The maximum atomic E-state index is 10.5. The van der Waals surface area contributed by atoms with E-state index in [0.29, 0.717) is 12.5 Å². The number of aryl methyl sites for hydroxylation is 1. The maximum Gasteiger partial charge on any atom is 0.332 e. The van der Waals surface area contributed by atoms with E-state index in [2.05, 4.69) is 26.8 Å². The van der Waals surface area contributed by atoms with E-state index in [0.717, 1.165) is 5.75 Å². The van der Waals surface area contributed by atoms with Crippen LogP contribution in [0.15, 0.2) is 18.2 Å². The Morgan fingerprint density at radius 1 is 1.26 bits per heavy atom. The van der Waals surface area contributed by atoms with Crippen molar-refractivity contribution in [3.05, 3.63) is 29.3 Å². The molecule has 0 saturated heterocycles. The number of hydrogen-bond acceptors (Lipinski definition) is 3. The summed E-state index contributed by atoms with van der Waals surface area (Å²) in [6.07, 6.45) is -0.798. The Labute approximate surface area is 114 Å². The third-order valence-electron chi connectivity index (χ3n) is 2.93. The number of carboxylic acids is 1. The molecule has 0 aliphatic rings. The molecule has 1 aromatic carbocycles. The highest BCUT2D eigenvalue weighted by Gasteiger charge is 2.10. The number of carbonyl (C=O) groups is 1. The summed E-state index contributed by atoms with van der Waals surface area (Å²) >= 11 is 0. The summed E-state index contributed by atoms with van der Waals surface area (Å²) in [5.74, 6) is 0.319. The van der Waals surface area contributed by atoms with E-state index in [4.69, 9.17) is 14.6 Å². The van der Waals surface area contributed by atoms with Gasteiger partial charge in [0.1, 0.15) is 12.4 Å². The standard InChI is InChI=1S/C15H22O4/c1-10(2)14-6-5-13(9-11(14)3)19-8-7-18-12(4)15(16)17/h5-6,9-10,12H,7-8H2,1-4H3,(H,16,17)/t12-/m1/s1. The average Bonchev–Trinajstić information content (AvgIpc) is 2.33. The Morgan fingerprint density at radius 2 is 1.95 bits per heavy atom. The lowest BCUT2D eigenvalue weighted by Crippen LogP contribution is -2.22. The molecule has 4 nitrogen and oxygen atoms in total. The van der Waals surface area contributed by atoms with Crippen LogP contribution in [-0.4, -0.2) is 30.4 Å². The molecule has 0 saturated carbocycles. The topological polar surface area (TPSA) is 55.8 Å². The van der Waals surface area contributed by atoms with Crippen molar-refractivity contribution in [3.8, 4) is 5.75 Å². The highest BCUT2D eigenvalue weighted by atomic mass is 16.5. The van der Waals surface area contributed by atoms with Crippen molar-refractivity contribution < 1.29 is 19.4 Å². The Balaban J connectivity index is 2.42. The quantitative estimate of drug-likeness (QED) is 0.771. The molecule has 0 radical (unpaired) electrons. The molecule has 1 aromatic rings. The predicted molar refractivity (Wildman–Crippen MR) is 73.8 cm³/mol. The summed E-state index contributed by atoms with van der Waals surface area (Å²) in [5.41, 5.74) is 2.51. The van der Waals surface area contributed by atoms with Gasteiger partial charge in [0.15, 0.2) is 6.10 Å². The Bertz CT molecular complexity index is 426. The number of rotatable bonds is 7. The average molecular weight is 266 g/mol. The minimum Gasteiger partial charge on any atom is -0.491 e. The van der Waals surface area contributed by atoms with Crippen molar-refractivity contribution in [1.29, 1.82) is 0 Å². The highest BCUT2D eigenvalue weighted by Crippen LogP contribution is 2.23. The molecule has 106 valence electrons. The van der Waals surface area contributed by atoms with Crippen LogP contribution in [0.4, 0.5) is 0 Å². The van der Waals surface area contributed by atoms with Gasteiger partial charge in [0.05, 0.1) is 6.61 Å². The van der Waals surface area contributed by atoms with E-state index in [1.165, 1.54) is 18.1 Å². The lowest BCUT2D eigenvalue weighted by Gasteiger charge is -2.13. The molecule has 4 heteroatoms. The summed E-state index contributed by atoms with van der Waals surface area (Å²) in [6.45, 7) is 8.49. The van der Waals surface area contributed by atoms with Crippen molar-refractivity contribution in [2.24, 2.45) is 0 Å². The first kappa shape index (κ1) is 15.5. The summed E-state index contributed by atoms with van der Waals surface area (Å²) in [4.78, 5) is 10.5. The van der Waals surface area contributed by atoms with Gasteiger partial charge in [-0.25, -0.2) is 4.79 Å². The lowest BCUT2D eigenvalue weighted by molar-refractivity contribution is -0.149. The monoisotopic (exact) mass is 266 g/mol. The molecule has 0 aromatic heterocycles. The second kappa shape index (κ2) is 7.14. The second-order valence-electron chi connectivity index (χ2n) is 4.87. The molecule has 0 heterocycles. The van der Waals surface area contributed by atoms with Gasteiger partial charge in [-0.3, -0.25) is 0 Å². The SMILES string of the molecule is Cc1cc(OCCO[C@H](C)C(=O)O)ccc1C(C)C. The number of carboxylic acid groups (broad SMARTS) is 1. The molecule has 1 rings (SSSR count).